The third kappa shape index (κ3) is 10.7. The van der Waals surface area contributed by atoms with Crippen molar-refractivity contribution in [2.45, 2.75) is 76.2 Å². The van der Waals surface area contributed by atoms with Gasteiger partial charge in [0.1, 0.15) is 48.1 Å². The zero-order chi connectivity index (χ0) is 40.9. The summed E-state index contributed by atoms with van der Waals surface area (Å²) in [6.07, 6.45) is -2.37. The van der Waals surface area contributed by atoms with Crippen LogP contribution in [0.25, 0.3) is 0 Å². The van der Waals surface area contributed by atoms with Crippen LogP contribution in [0, 0.1) is 0 Å². The zero-order valence-electron chi connectivity index (χ0n) is 33.8. The minimum atomic E-state index is -1.91. The van der Waals surface area contributed by atoms with Crippen LogP contribution in [0.1, 0.15) is 57.5 Å². The van der Waals surface area contributed by atoms with Gasteiger partial charge in [0, 0.05) is 5.56 Å². The van der Waals surface area contributed by atoms with E-state index in [0.717, 1.165) is 56.7 Å². The monoisotopic (exact) mass is 794 g/mol. The van der Waals surface area contributed by atoms with E-state index in [2.05, 4.69) is 31.2 Å². The summed E-state index contributed by atoms with van der Waals surface area (Å²) in [6.45, 7) is 2.46. The molecule has 0 bridgehead atoms. The first-order chi connectivity index (χ1) is 29.0. The van der Waals surface area contributed by atoms with Crippen LogP contribution in [0.2, 0.25) is 0 Å². The molecule has 1 saturated heterocycles. The summed E-state index contributed by atoms with van der Waals surface area (Å²) in [5, 5.41) is 23.9. The number of rotatable bonds is 19. The van der Waals surface area contributed by atoms with Gasteiger partial charge in [-0.05, 0) is 76.1 Å². The molecule has 0 amide bonds. The van der Waals surface area contributed by atoms with Crippen molar-refractivity contribution in [3.63, 3.8) is 0 Å². The van der Waals surface area contributed by atoms with Gasteiger partial charge in [-0.25, -0.2) is 0 Å². The quantitative estimate of drug-likeness (QED) is 0.0840. The maximum atomic E-state index is 12.7. The molecule has 2 N–H and O–H groups in total. The SMILES string of the molecule is CCc1cc(OCc2ccccc2)c([C@@H]2O[C@H](COCc3ccccc3)C(O)(CO)[C@H](OCc3ccccc3)[C@H]2OCc2ccccc2)cc1Cc1ccc(OC)cc1. The Morgan fingerprint density at radius 3 is 1.69 bits per heavy atom. The average molecular weight is 795 g/mol. The van der Waals surface area contributed by atoms with Crippen LogP contribution in [0.3, 0.4) is 0 Å². The van der Waals surface area contributed by atoms with Crippen molar-refractivity contribution in [2.24, 2.45) is 0 Å². The summed E-state index contributed by atoms with van der Waals surface area (Å²) in [4.78, 5) is 0. The molecule has 0 radical (unpaired) electrons. The van der Waals surface area contributed by atoms with E-state index in [0.29, 0.717) is 25.4 Å². The van der Waals surface area contributed by atoms with Crippen LogP contribution >= 0.6 is 0 Å². The van der Waals surface area contributed by atoms with Crippen LogP contribution in [0.15, 0.2) is 158 Å². The molecule has 1 aliphatic rings. The van der Waals surface area contributed by atoms with Crippen molar-refractivity contribution in [1.29, 1.82) is 0 Å². The molecule has 306 valence electrons. The minimum absolute atomic E-state index is 0.0228. The Balaban J connectivity index is 1.34. The number of aliphatic hydroxyl groups is 2. The van der Waals surface area contributed by atoms with E-state index < -0.39 is 36.6 Å². The minimum Gasteiger partial charge on any atom is -0.497 e. The van der Waals surface area contributed by atoms with Gasteiger partial charge in [-0.3, -0.25) is 0 Å². The number of hydrogen-bond acceptors (Lipinski definition) is 8. The number of hydrogen-bond donors (Lipinski definition) is 2. The topological polar surface area (TPSA) is 95.8 Å². The predicted molar refractivity (Wildman–Crippen MR) is 228 cm³/mol. The molecule has 1 heterocycles. The van der Waals surface area contributed by atoms with Gasteiger partial charge in [0.25, 0.3) is 0 Å². The molecule has 1 fully saturated rings. The Labute approximate surface area is 347 Å². The van der Waals surface area contributed by atoms with E-state index in [9.17, 15) is 10.2 Å². The molecule has 8 nitrogen and oxygen atoms in total. The molecule has 0 saturated carbocycles. The lowest BCUT2D eigenvalue weighted by atomic mass is 9.80. The lowest BCUT2D eigenvalue weighted by Gasteiger charge is -2.51. The largest absolute Gasteiger partial charge is 0.497 e. The van der Waals surface area contributed by atoms with E-state index in [1.165, 1.54) is 0 Å². The second-order valence-corrected chi connectivity index (χ2v) is 15.0. The molecule has 0 spiro atoms. The first-order valence-electron chi connectivity index (χ1n) is 20.3. The molecule has 8 heteroatoms. The molecule has 7 rings (SSSR count). The van der Waals surface area contributed by atoms with Crippen molar-refractivity contribution < 1.29 is 38.6 Å². The molecule has 5 atom stereocenters. The first-order valence-corrected chi connectivity index (χ1v) is 20.3. The van der Waals surface area contributed by atoms with E-state index in [-0.39, 0.29) is 19.8 Å². The summed E-state index contributed by atoms with van der Waals surface area (Å²) >= 11 is 0. The van der Waals surface area contributed by atoms with Gasteiger partial charge >= 0.3 is 0 Å². The van der Waals surface area contributed by atoms with Crippen molar-refractivity contribution >= 4 is 0 Å². The van der Waals surface area contributed by atoms with Crippen molar-refractivity contribution in [1.82, 2.24) is 0 Å². The molecule has 0 aromatic heterocycles. The Morgan fingerprint density at radius 1 is 0.610 bits per heavy atom. The Morgan fingerprint density at radius 2 is 1.15 bits per heavy atom. The lowest BCUT2D eigenvalue weighted by Crippen LogP contribution is -2.67. The highest BCUT2D eigenvalue weighted by Gasteiger charge is 2.57. The predicted octanol–water partition coefficient (Wildman–Crippen LogP) is 8.98. The number of aliphatic hydroxyl groups excluding tert-OH is 1. The fourth-order valence-corrected chi connectivity index (χ4v) is 7.65. The van der Waals surface area contributed by atoms with Gasteiger partial charge in [0.2, 0.25) is 0 Å². The van der Waals surface area contributed by atoms with Gasteiger partial charge in [-0.1, -0.05) is 140 Å². The number of benzene rings is 6. The molecular weight excluding hydrogens is 741 g/mol. The molecule has 0 aliphatic carbocycles. The maximum absolute atomic E-state index is 12.7. The Bertz CT molecular complexity index is 2150. The number of ether oxygens (including phenoxy) is 6. The van der Waals surface area contributed by atoms with E-state index >= 15 is 0 Å². The third-order valence-corrected chi connectivity index (χ3v) is 11.0. The fourth-order valence-electron chi connectivity index (χ4n) is 7.65. The second-order valence-electron chi connectivity index (χ2n) is 15.0. The summed E-state index contributed by atoms with van der Waals surface area (Å²) in [7, 11) is 1.67. The molecule has 1 aliphatic heterocycles. The molecule has 1 unspecified atom stereocenters. The van der Waals surface area contributed by atoms with E-state index in [1.807, 2.05) is 133 Å². The lowest BCUT2D eigenvalue weighted by molar-refractivity contribution is -0.310. The third-order valence-electron chi connectivity index (χ3n) is 11.0. The van der Waals surface area contributed by atoms with Crippen LogP contribution in [0.4, 0.5) is 0 Å². The van der Waals surface area contributed by atoms with Gasteiger partial charge in [0.15, 0.2) is 0 Å². The van der Waals surface area contributed by atoms with Gasteiger partial charge in [-0.15, -0.1) is 0 Å². The Hall–Kier alpha value is -5.32. The molecule has 6 aromatic carbocycles. The Kier molecular flexibility index (Phi) is 14.6. The highest BCUT2D eigenvalue weighted by molar-refractivity contribution is 5.47. The van der Waals surface area contributed by atoms with E-state index in [4.69, 9.17) is 28.4 Å². The van der Waals surface area contributed by atoms with Crippen LogP contribution in [0.5, 0.6) is 11.5 Å². The van der Waals surface area contributed by atoms with Crippen LogP contribution in [-0.2, 0) is 58.2 Å². The molecule has 6 aromatic rings. The molecular formula is C51H54O8. The first kappa shape index (κ1) is 41.8. The van der Waals surface area contributed by atoms with Crippen molar-refractivity contribution in [2.75, 3.05) is 20.3 Å². The second kappa shape index (κ2) is 20.6. The van der Waals surface area contributed by atoms with Gasteiger partial charge in [0.05, 0.1) is 40.1 Å². The standard InChI is InChI=1S/C51H54O8/c1-3-42-30-46(56-32-39-18-10-5-11-19-39)45(29-43(42)28-37-24-26-44(54-2)27-25-37)48-49(57-33-40-20-12-6-13-21-40)50(58-34-41-22-14-7-15-23-41)51(53,36-52)47(59-48)35-55-31-38-16-8-4-9-17-38/h4-27,29-30,47-50,52-53H,3,28,31-36H2,1-2H3/t47-,48+,49+,50-,51?/m1/s1. The summed E-state index contributed by atoms with van der Waals surface area (Å²) in [6, 6.07) is 51.9. The van der Waals surface area contributed by atoms with Gasteiger partial charge < -0.3 is 38.6 Å². The summed E-state index contributed by atoms with van der Waals surface area (Å²) < 4.78 is 39.2. The fraction of sp³-hybridized carbons (Fsp3) is 0.294. The van der Waals surface area contributed by atoms with Crippen LogP contribution in [-0.4, -0.2) is 54.4 Å². The normalized spacial score (nSPS) is 20.3. The van der Waals surface area contributed by atoms with Crippen molar-refractivity contribution in [3.8, 4) is 11.5 Å². The van der Waals surface area contributed by atoms with E-state index in [1.54, 1.807) is 7.11 Å². The number of methoxy groups -OCH3 is 1. The average Bonchev–Trinajstić information content (AvgIpc) is 3.29. The highest BCUT2D eigenvalue weighted by atomic mass is 16.6. The van der Waals surface area contributed by atoms with Crippen LogP contribution < -0.4 is 9.47 Å². The van der Waals surface area contributed by atoms with Gasteiger partial charge in [-0.2, -0.15) is 0 Å². The molecule has 59 heavy (non-hydrogen) atoms. The highest BCUT2D eigenvalue weighted by Crippen LogP contribution is 2.45. The summed E-state index contributed by atoms with van der Waals surface area (Å²) in [5.74, 6) is 1.44. The number of aryl methyl sites for hydroxylation is 1. The zero-order valence-corrected chi connectivity index (χ0v) is 33.8. The van der Waals surface area contributed by atoms with Crippen molar-refractivity contribution in [3.05, 3.63) is 202 Å². The summed E-state index contributed by atoms with van der Waals surface area (Å²) in [5.41, 5.74) is 6.05. The maximum Gasteiger partial charge on any atom is 0.145 e. The smallest absolute Gasteiger partial charge is 0.145 e.